The van der Waals surface area contributed by atoms with Gasteiger partial charge in [0.2, 0.25) is 0 Å². The second-order valence-electron chi connectivity index (χ2n) is 4.79. The molecular weight excluding hydrogens is 246 g/mol. The summed E-state index contributed by atoms with van der Waals surface area (Å²) in [5.74, 6) is 0.118. The van der Waals surface area contributed by atoms with Crippen LogP contribution in [0.5, 0.6) is 0 Å². The Hall–Kier alpha value is -1.29. The van der Waals surface area contributed by atoms with Crippen LogP contribution in [0.15, 0.2) is 30.3 Å². The number of sulfone groups is 1. The third-order valence-corrected chi connectivity index (χ3v) is 5.41. The zero-order chi connectivity index (χ0) is 13.3. The Labute approximate surface area is 108 Å². The van der Waals surface area contributed by atoms with Crippen molar-refractivity contribution in [1.29, 1.82) is 0 Å². The molecule has 1 aromatic heterocycles. The van der Waals surface area contributed by atoms with Gasteiger partial charge in [0.05, 0.1) is 11.0 Å². The Kier molecular flexibility index (Phi) is 3.48. The van der Waals surface area contributed by atoms with Gasteiger partial charge in [0.15, 0.2) is 9.84 Å². The average molecular weight is 265 g/mol. The van der Waals surface area contributed by atoms with E-state index in [4.69, 9.17) is 0 Å². The molecule has 3 nitrogen and oxygen atoms in total. The van der Waals surface area contributed by atoms with E-state index in [1.165, 1.54) is 0 Å². The van der Waals surface area contributed by atoms with Gasteiger partial charge in [-0.25, -0.2) is 8.42 Å². The van der Waals surface area contributed by atoms with Crippen molar-refractivity contribution >= 4 is 20.7 Å². The van der Waals surface area contributed by atoms with E-state index in [0.717, 1.165) is 23.1 Å². The molecule has 0 fully saturated rings. The summed E-state index contributed by atoms with van der Waals surface area (Å²) < 4.78 is 26.1. The normalized spacial score (nSPS) is 12.4. The molecule has 18 heavy (non-hydrogen) atoms. The Bertz CT molecular complexity index is 653. The Balaban J connectivity index is 2.52. The third kappa shape index (κ3) is 2.29. The minimum Gasteiger partial charge on any atom is -0.344 e. The lowest BCUT2D eigenvalue weighted by molar-refractivity contribution is 0.584. The van der Waals surface area contributed by atoms with Gasteiger partial charge in [-0.2, -0.15) is 0 Å². The molecule has 0 saturated carbocycles. The van der Waals surface area contributed by atoms with Crippen molar-refractivity contribution in [2.24, 2.45) is 0 Å². The number of aromatic nitrogens is 1. The van der Waals surface area contributed by atoms with Crippen LogP contribution in [0.25, 0.3) is 10.9 Å². The zero-order valence-electron chi connectivity index (χ0n) is 11.1. The molecule has 0 atom stereocenters. The fraction of sp³-hybridized carbons (Fsp3) is 0.429. The molecule has 0 aliphatic rings. The zero-order valence-corrected chi connectivity index (χ0v) is 11.9. The maximum atomic E-state index is 12.0. The first-order valence-corrected chi connectivity index (χ1v) is 7.96. The highest BCUT2D eigenvalue weighted by Crippen LogP contribution is 2.22. The van der Waals surface area contributed by atoms with Crippen molar-refractivity contribution in [2.45, 2.75) is 38.3 Å². The van der Waals surface area contributed by atoms with Crippen LogP contribution in [0.2, 0.25) is 0 Å². The van der Waals surface area contributed by atoms with E-state index in [2.05, 4.69) is 4.57 Å². The van der Waals surface area contributed by atoms with Crippen LogP contribution in [-0.2, 0) is 22.1 Å². The first kappa shape index (κ1) is 13.1. The quantitative estimate of drug-likeness (QED) is 0.852. The highest BCUT2D eigenvalue weighted by Gasteiger charge is 2.19. The summed E-state index contributed by atoms with van der Waals surface area (Å²) in [7, 11) is -3.05. The molecular formula is C14H19NO2S. The molecule has 0 radical (unpaired) electrons. The monoisotopic (exact) mass is 265 g/mol. The van der Waals surface area contributed by atoms with Gasteiger partial charge in [-0.1, -0.05) is 18.2 Å². The Morgan fingerprint density at radius 2 is 1.89 bits per heavy atom. The van der Waals surface area contributed by atoms with Crippen LogP contribution in [0.4, 0.5) is 0 Å². The molecule has 4 heteroatoms. The number of benzene rings is 1. The standard InChI is InChI=1S/C14H19NO2S/c1-4-15-13(10-18(16,17)11(2)3)9-12-7-5-6-8-14(12)15/h5-9,11H,4,10H2,1-3H3. The van der Waals surface area contributed by atoms with Crippen LogP contribution in [0.1, 0.15) is 26.5 Å². The van der Waals surface area contributed by atoms with Crippen LogP contribution in [0.3, 0.4) is 0 Å². The van der Waals surface area contributed by atoms with E-state index < -0.39 is 9.84 Å². The molecule has 0 aliphatic carbocycles. The molecule has 0 aliphatic heterocycles. The molecule has 1 heterocycles. The highest BCUT2D eigenvalue weighted by atomic mass is 32.2. The molecule has 0 N–H and O–H groups in total. The van der Waals surface area contributed by atoms with Crippen molar-refractivity contribution in [3.63, 3.8) is 0 Å². The van der Waals surface area contributed by atoms with Crippen LogP contribution in [0, 0.1) is 0 Å². The first-order valence-electron chi connectivity index (χ1n) is 6.24. The maximum absolute atomic E-state index is 12.0. The molecule has 2 rings (SSSR count). The van der Waals surface area contributed by atoms with Gasteiger partial charge < -0.3 is 4.57 Å². The Morgan fingerprint density at radius 3 is 2.50 bits per heavy atom. The third-order valence-electron chi connectivity index (χ3n) is 3.28. The van der Waals surface area contributed by atoms with Gasteiger partial charge in [0.25, 0.3) is 0 Å². The number of rotatable bonds is 4. The van der Waals surface area contributed by atoms with Crippen molar-refractivity contribution in [3.05, 3.63) is 36.0 Å². The fourth-order valence-electron chi connectivity index (χ4n) is 2.13. The second kappa shape index (κ2) is 4.76. The van der Waals surface area contributed by atoms with Crippen LogP contribution in [-0.4, -0.2) is 18.2 Å². The summed E-state index contributed by atoms with van der Waals surface area (Å²) in [5.41, 5.74) is 1.99. The van der Waals surface area contributed by atoms with Gasteiger partial charge in [-0.3, -0.25) is 0 Å². The molecule has 1 aromatic carbocycles. The van der Waals surface area contributed by atoms with E-state index >= 15 is 0 Å². The molecule has 2 aromatic rings. The summed E-state index contributed by atoms with van der Waals surface area (Å²) in [5, 5.41) is 0.772. The number of fused-ring (bicyclic) bond motifs is 1. The van der Waals surface area contributed by atoms with Gasteiger partial charge in [0, 0.05) is 17.8 Å². The minimum atomic E-state index is -3.05. The predicted molar refractivity (Wildman–Crippen MR) is 75.4 cm³/mol. The fourth-order valence-corrected chi connectivity index (χ4v) is 3.12. The minimum absolute atomic E-state index is 0.118. The van der Waals surface area contributed by atoms with Crippen molar-refractivity contribution in [3.8, 4) is 0 Å². The number of nitrogens with zero attached hydrogens (tertiary/aromatic N) is 1. The smallest absolute Gasteiger partial charge is 0.158 e. The second-order valence-corrected chi connectivity index (χ2v) is 7.35. The van der Waals surface area contributed by atoms with E-state index in [0.29, 0.717) is 0 Å². The lowest BCUT2D eigenvalue weighted by Gasteiger charge is -2.10. The SMILES string of the molecule is CCn1c(CS(=O)(=O)C(C)C)cc2ccccc21. The largest absolute Gasteiger partial charge is 0.344 e. The lowest BCUT2D eigenvalue weighted by Crippen LogP contribution is -2.18. The summed E-state index contributed by atoms with van der Waals surface area (Å²) in [4.78, 5) is 0. The summed E-state index contributed by atoms with van der Waals surface area (Å²) in [6.07, 6.45) is 0. The molecule has 0 bridgehead atoms. The molecule has 0 amide bonds. The number of aryl methyl sites for hydroxylation is 1. The number of hydrogen-bond acceptors (Lipinski definition) is 2. The molecule has 0 spiro atoms. The van der Waals surface area contributed by atoms with Gasteiger partial charge in [0.1, 0.15) is 0 Å². The van der Waals surface area contributed by atoms with E-state index in [9.17, 15) is 8.42 Å². The lowest BCUT2D eigenvalue weighted by atomic mass is 10.2. The van der Waals surface area contributed by atoms with E-state index in [-0.39, 0.29) is 11.0 Å². The summed E-state index contributed by atoms with van der Waals surface area (Å²) in [6, 6.07) is 9.99. The van der Waals surface area contributed by atoms with Crippen molar-refractivity contribution in [1.82, 2.24) is 4.57 Å². The van der Waals surface area contributed by atoms with E-state index in [1.54, 1.807) is 13.8 Å². The van der Waals surface area contributed by atoms with Gasteiger partial charge in [-0.05, 0) is 38.3 Å². The highest BCUT2D eigenvalue weighted by molar-refractivity contribution is 7.91. The molecule has 98 valence electrons. The van der Waals surface area contributed by atoms with Gasteiger partial charge >= 0.3 is 0 Å². The molecule has 0 unspecified atom stereocenters. The van der Waals surface area contributed by atoms with Crippen LogP contribution >= 0.6 is 0 Å². The number of hydrogen-bond donors (Lipinski definition) is 0. The summed E-state index contributed by atoms with van der Waals surface area (Å²) >= 11 is 0. The summed E-state index contributed by atoms with van der Waals surface area (Å²) in [6.45, 7) is 6.29. The average Bonchev–Trinajstić information content (AvgIpc) is 2.64. The predicted octanol–water partition coefficient (Wildman–Crippen LogP) is 2.98. The van der Waals surface area contributed by atoms with Crippen molar-refractivity contribution in [2.75, 3.05) is 0 Å². The number of para-hydroxylation sites is 1. The van der Waals surface area contributed by atoms with Gasteiger partial charge in [-0.15, -0.1) is 0 Å². The maximum Gasteiger partial charge on any atom is 0.158 e. The first-order chi connectivity index (χ1) is 8.45. The molecule has 0 saturated heterocycles. The van der Waals surface area contributed by atoms with Crippen molar-refractivity contribution < 1.29 is 8.42 Å². The van der Waals surface area contributed by atoms with E-state index in [1.807, 2.05) is 37.3 Å². The van der Waals surface area contributed by atoms with Crippen LogP contribution < -0.4 is 0 Å². The Morgan fingerprint density at radius 1 is 1.22 bits per heavy atom. The topological polar surface area (TPSA) is 39.1 Å².